The van der Waals surface area contributed by atoms with Crippen LogP contribution < -0.4 is 15.8 Å². The summed E-state index contributed by atoms with van der Waals surface area (Å²) in [5.41, 5.74) is 5.76. The van der Waals surface area contributed by atoms with Crippen LogP contribution in [-0.4, -0.2) is 35.9 Å². The molecule has 0 unspecified atom stereocenters. The molecule has 1 aromatic heterocycles. The van der Waals surface area contributed by atoms with Crippen molar-refractivity contribution in [2.75, 3.05) is 13.2 Å². The first-order valence-corrected chi connectivity index (χ1v) is 9.14. The summed E-state index contributed by atoms with van der Waals surface area (Å²) in [6, 6.07) is 3.36. The first-order chi connectivity index (χ1) is 13.9. The zero-order chi connectivity index (χ0) is 21.2. The average molecular weight is 409 g/mol. The Morgan fingerprint density at radius 3 is 2.41 bits per heavy atom. The molecule has 1 amide bonds. The Kier molecular flexibility index (Phi) is 8.60. The maximum absolute atomic E-state index is 13.7. The summed E-state index contributed by atoms with van der Waals surface area (Å²) in [6.45, 7) is -0.224. The van der Waals surface area contributed by atoms with E-state index in [1.165, 1.54) is 24.5 Å². The fourth-order valence-electron chi connectivity index (χ4n) is 2.61. The van der Waals surface area contributed by atoms with E-state index >= 15 is 0 Å². The molecule has 6 nitrogen and oxygen atoms in total. The quantitative estimate of drug-likeness (QED) is 0.440. The van der Waals surface area contributed by atoms with Gasteiger partial charge in [0.1, 0.15) is 6.61 Å². The highest BCUT2D eigenvalue weighted by Gasteiger charge is 2.23. The lowest BCUT2D eigenvalue weighted by molar-refractivity contribution is -0.123. The Morgan fingerprint density at radius 1 is 1.03 bits per heavy atom. The summed E-state index contributed by atoms with van der Waals surface area (Å²) in [5.74, 6) is -6.00. The second kappa shape index (κ2) is 11.2. The van der Waals surface area contributed by atoms with E-state index in [2.05, 4.69) is 10.3 Å². The standard InChI is InChI=1S/C20H22F3N3O3/c21-14-5-6-15(22)19(18(14)23)29-12-17(27)16(4-2-1-3-9-24)26-20(28)13-7-10-25-11-8-13/h5-8,10-11,16H,1-4,9,12,24H2,(H,26,28)/t16-/m0/s1. The second-order valence-electron chi connectivity index (χ2n) is 6.33. The maximum atomic E-state index is 13.7. The number of pyridine rings is 1. The van der Waals surface area contributed by atoms with Crippen molar-refractivity contribution in [3.8, 4) is 5.75 Å². The van der Waals surface area contributed by atoms with Gasteiger partial charge in [-0.25, -0.2) is 8.78 Å². The van der Waals surface area contributed by atoms with Crippen LogP contribution >= 0.6 is 0 Å². The number of nitrogens with two attached hydrogens (primary N) is 1. The molecule has 0 aliphatic heterocycles. The summed E-state index contributed by atoms with van der Waals surface area (Å²) in [6.07, 6.45) is 5.28. The highest BCUT2D eigenvalue weighted by atomic mass is 19.2. The van der Waals surface area contributed by atoms with Crippen LogP contribution in [0.4, 0.5) is 13.2 Å². The number of nitrogens with one attached hydrogen (secondary N) is 1. The summed E-state index contributed by atoms with van der Waals surface area (Å²) in [4.78, 5) is 28.7. The number of rotatable bonds is 11. The molecule has 0 radical (unpaired) electrons. The minimum absolute atomic E-state index is 0.299. The van der Waals surface area contributed by atoms with Gasteiger partial charge in [0.25, 0.3) is 5.91 Å². The van der Waals surface area contributed by atoms with Crippen LogP contribution in [0.1, 0.15) is 36.0 Å². The maximum Gasteiger partial charge on any atom is 0.251 e. The van der Waals surface area contributed by atoms with E-state index in [9.17, 15) is 22.8 Å². The predicted molar refractivity (Wildman–Crippen MR) is 99.8 cm³/mol. The number of nitrogens with zero attached hydrogens (tertiary/aromatic N) is 1. The molecule has 0 spiro atoms. The highest BCUT2D eigenvalue weighted by molar-refractivity contribution is 5.98. The number of benzene rings is 1. The Bertz CT molecular complexity index is 834. The third kappa shape index (κ3) is 6.56. The third-order valence-electron chi connectivity index (χ3n) is 4.19. The molecule has 0 saturated heterocycles. The van der Waals surface area contributed by atoms with Crippen molar-refractivity contribution < 1.29 is 27.5 Å². The molecule has 1 aromatic carbocycles. The van der Waals surface area contributed by atoms with Gasteiger partial charge in [-0.15, -0.1) is 0 Å². The van der Waals surface area contributed by atoms with Gasteiger partial charge in [0.05, 0.1) is 6.04 Å². The van der Waals surface area contributed by atoms with Gasteiger partial charge in [0.2, 0.25) is 5.82 Å². The largest absolute Gasteiger partial charge is 0.480 e. The Hall–Kier alpha value is -2.94. The molecule has 2 aromatic rings. The topological polar surface area (TPSA) is 94.3 Å². The molecule has 0 saturated carbocycles. The number of ketones is 1. The summed E-state index contributed by atoms with van der Waals surface area (Å²) in [7, 11) is 0. The minimum atomic E-state index is -1.52. The molecule has 0 bridgehead atoms. The van der Waals surface area contributed by atoms with Gasteiger partial charge in [0.15, 0.2) is 23.2 Å². The molecule has 0 fully saturated rings. The first kappa shape index (κ1) is 22.4. The monoisotopic (exact) mass is 409 g/mol. The summed E-state index contributed by atoms with van der Waals surface area (Å²) >= 11 is 0. The number of carbonyl (C=O) groups excluding carboxylic acids is 2. The molecule has 3 N–H and O–H groups in total. The van der Waals surface area contributed by atoms with E-state index in [1.54, 1.807) is 0 Å². The van der Waals surface area contributed by atoms with Gasteiger partial charge in [-0.1, -0.05) is 12.8 Å². The van der Waals surface area contributed by atoms with Crippen molar-refractivity contribution in [1.82, 2.24) is 10.3 Å². The normalized spacial score (nSPS) is 11.7. The summed E-state index contributed by atoms with van der Waals surface area (Å²) < 4.78 is 45.5. The molecular weight excluding hydrogens is 387 g/mol. The van der Waals surface area contributed by atoms with E-state index in [-0.39, 0.29) is 0 Å². The summed E-state index contributed by atoms with van der Waals surface area (Å²) in [5, 5.41) is 2.60. The number of unbranched alkanes of at least 4 members (excludes halogenated alkanes) is 2. The third-order valence-corrected chi connectivity index (χ3v) is 4.19. The van der Waals surface area contributed by atoms with Crippen LogP contribution in [0, 0.1) is 17.5 Å². The number of Topliss-reactive ketones (excluding diaryl/α,β-unsaturated/α-hetero) is 1. The average Bonchev–Trinajstić information content (AvgIpc) is 2.73. The molecule has 1 heterocycles. The van der Waals surface area contributed by atoms with Gasteiger partial charge in [-0.3, -0.25) is 14.6 Å². The Labute approximate surface area is 166 Å². The van der Waals surface area contributed by atoms with Crippen LogP contribution in [0.3, 0.4) is 0 Å². The van der Waals surface area contributed by atoms with Gasteiger partial charge in [-0.05, 0) is 43.7 Å². The molecule has 9 heteroatoms. The van der Waals surface area contributed by atoms with E-state index in [0.29, 0.717) is 37.1 Å². The lowest BCUT2D eigenvalue weighted by Crippen LogP contribution is -2.43. The zero-order valence-corrected chi connectivity index (χ0v) is 15.7. The highest BCUT2D eigenvalue weighted by Crippen LogP contribution is 2.23. The molecule has 29 heavy (non-hydrogen) atoms. The van der Waals surface area contributed by atoms with Crippen molar-refractivity contribution >= 4 is 11.7 Å². The Balaban J connectivity index is 2.05. The number of halogens is 3. The van der Waals surface area contributed by atoms with E-state index < -0.39 is 47.5 Å². The zero-order valence-electron chi connectivity index (χ0n) is 15.7. The molecule has 2 rings (SSSR count). The van der Waals surface area contributed by atoms with Crippen LogP contribution in [-0.2, 0) is 4.79 Å². The van der Waals surface area contributed by atoms with Gasteiger partial charge in [-0.2, -0.15) is 4.39 Å². The van der Waals surface area contributed by atoms with Crippen molar-refractivity contribution in [2.24, 2.45) is 5.73 Å². The second-order valence-corrected chi connectivity index (χ2v) is 6.33. The van der Waals surface area contributed by atoms with Crippen LogP contribution in [0.2, 0.25) is 0 Å². The fourth-order valence-corrected chi connectivity index (χ4v) is 2.61. The lowest BCUT2D eigenvalue weighted by atomic mass is 10.0. The fraction of sp³-hybridized carbons (Fsp3) is 0.350. The number of hydrogen-bond donors (Lipinski definition) is 2. The number of amides is 1. The van der Waals surface area contributed by atoms with Crippen molar-refractivity contribution in [2.45, 2.75) is 31.7 Å². The van der Waals surface area contributed by atoms with E-state index in [0.717, 1.165) is 12.8 Å². The van der Waals surface area contributed by atoms with Crippen LogP contribution in [0.5, 0.6) is 5.75 Å². The van der Waals surface area contributed by atoms with Crippen LogP contribution in [0.25, 0.3) is 0 Å². The van der Waals surface area contributed by atoms with E-state index in [4.69, 9.17) is 10.5 Å². The van der Waals surface area contributed by atoms with Gasteiger partial charge >= 0.3 is 0 Å². The first-order valence-electron chi connectivity index (χ1n) is 9.14. The molecule has 1 atom stereocenters. The predicted octanol–water partition coefficient (Wildman–Crippen LogP) is 2.76. The van der Waals surface area contributed by atoms with E-state index in [1.807, 2.05) is 0 Å². The SMILES string of the molecule is NCCCCC[C@H](NC(=O)c1ccncc1)C(=O)COc1c(F)ccc(F)c1F. The number of ether oxygens (including phenoxy) is 1. The van der Waals surface area contributed by atoms with Crippen molar-refractivity contribution in [3.63, 3.8) is 0 Å². The number of aromatic nitrogens is 1. The molecule has 0 aliphatic carbocycles. The van der Waals surface area contributed by atoms with Gasteiger partial charge < -0.3 is 15.8 Å². The smallest absolute Gasteiger partial charge is 0.251 e. The molecule has 0 aliphatic rings. The molecular formula is C20H22F3N3O3. The molecule has 156 valence electrons. The lowest BCUT2D eigenvalue weighted by Gasteiger charge is -2.18. The van der Waals surface area contributed by atoms with Crippen LogP contribution in [0.15, 0.2) is 36.7 Å². The number of hydrogen-bond acceptors (Lipinski definition) is 5. The minimum Gasteiger partial charge on any atom is -0.480 e. The Morgan fingerprint density at radius 2 is 1.72 bits per heavy atom. The van der Waals surface area contributed by atoms with Crippen molar-refractivity contribution in [3.05, 3.63) is 59.7 Å². The number of carbonyl (C=O) groups is 2. The van der Waals surface area contributed by atoms with Gasteiger partial charge in [0, 0.05) is 18.0 Å². The van der Waals surface area contributed by atoms with Crippen molar-refractivity contribution in [1.29, 1.82) is 0 Å².